The molecule has 148 valence electrons. The maximum Gasteiger partial charge on any atom is 0.416 e. The van der Waals surface area contributed by atoms with Crippen molar-refractivity contribution in [1.29, 1.82) is 0 Å². The number of carbonyl (C=O) groups excluding carboxylic acids is 1. The number of fused-ring (bicyclic) bond motifs is 1. The highest BCUT2D eigenvalue weighted by Crippen LogP contribution is 2.49. The fourth-order valence-electron chi connectivity index (χ4n) is 3.45. The molecule has 0 bridgehead atoms. The Morgan fingerprint density at radius 1 is 1.25 bits per heavy atom. The monoisotopic (exact) mass is 432 g/mol. The van der Waals surface area contributed by atoms with Crippen molar-refractivity contribution < 1.29 is 32.6 Å². The number of ketones is 1. The van der Waals surface area contributed by atoms with Crippen molar-refractivity contribution in [3.05, 3.63) is 62.6 Å². The van der Waals surface area contributed by atoms with Gasteiger partial charge < -0.3 is 9.84 Å². The van der Waals surface area contributed by atoms with Gasteiger partial charge in [0.25, 0.3) is 0 Å². The normalized spacial score (nSPS) is 18.9. The number of carboxylic acid groups (broad SMARTS) is 1. The van der Waals surface area contributed by atoms with Crippen LogP contribution in [0.15, 0.2) is 30.3 Å². The summed E-state index contributed by atoms with van der Waals surface area (Å²) in [4.78, 5) is 23.8. The van der Waals surface area contributed by atoms with Crippen LogP contribution in [-0.4, -0.2) is 23.5 Å². The average Bonchev–Trinajstić information content (AvgIpc) is 2.88. The minimum atomic E-state index is -4.63. The Morgan fingerprint density at radius 3 is 2.50 bits per heavy atom. The summed E-state index contributed by atoms with van der Waals surface area (Å²) in [5.74, 6) is -1.88. The molecule has 2 aromatic rings. The van der Waals surface area contributed by atoms with Crippen LogP contribution in [0, 0.1) is 0 Å². The van der Waals surface area contributed by atoms with Crippen LogP contribution in [0.2, 0.25) is 10.0 Å². The van der Waals surface area contributed by atoms with Gasteiger partial charge in [-0.1, -0.05) is 41.4 Å². The van der Waals surface area contributed by atoms with Gasteiger partial charge in [-0.05, 0) is 36.6 Å². The summed E-state index contributed by atoms with van der Waals surface area (Å²) in [5.41, 5.74) is -2.20. The van der Waals surface area contributed by atoms with E-state index in [-0.39, 0.29) is 33.3 Å². The van der Waals surface area contributed by atoms with Crippen molar-refractivity contribution >= 4 is 35.0 Å². The maximum absolute atomic E-state index is 13.5. The predicted molar refractivity (Wildman–Crippen MR) is 96.4 cm³/mol. The lowest BCUT2D eigenvalue weighted by atomic mass is 9.76. The van der Waals surface area contributed by atoms with Gasteiger partial charge in [-0.15, -0.1) is 0 Å². The molecule has 0 amide bonds. The number of carbonyl (C=O) groups is 2. The second-order valence-corrected chi connectivity index (χ2v) is 7.36. The lowest BCUT2D eigenvalue weighted by Crippen LogP contribution is -2.32. The molecule has 0 spiro atoms. The molecular weight excluding hydrogens is 420 g/mol. The molecule has 0 saturated heterocycles. The van der Waals surface area contributed by atoms with Crippen LogP contribution < -0.4 is 4.74 Å². The minimum absolute atomic E-state index is 0.0221. The van der Waals surface area contributed by atoms with Crippen molar-refractivity contribution in [2.24, 2.45) is 0 Å². The van der Waals surface area contributed by atoms with Crippen molar-refractivity contribution in [2.75, 3.05) is 6.61 Å². The van der Waals surface area contributed by atoms with Crippen LogP contribution in [0.1, 0.15) is 34.0 Å². The molecule has 0 radical (unpaired) electrons. The third-order valence-corrected chi connectivity index (χ3v) is 5.56. The number of Topliss-reactive ketones (excluding diaryl/α,β-unsaturated/α-hetero) is 1. The maximum atomic E-state index is 13.5. The number of aliphatic carboxylic acids is 1. The summed E-state index contributed by atoms with van der Waals surface area (Å²) in [6.07, 6.45) is -4.69. The van der Waals surface area contributed by atoms with Gasteiger partial charge in [-0.2, -0.15) is 13.2 Å². The molecule has 4 nitrogen and oxygen atoms in total. The lowest BCUT2D eigenvalue weighted by Gasteiger charge is -2.26. The molecule has 28 heavy (non-hydrogen) atoms. The molecule has 2 aromatic carbocycles. The summed E-state index contributed by atoms with van der Waals surface area (Å²) >= 11 is 12.3. The van der Waals surface area contributed by atoms with E-state index in [2.05, 4.69) is 0 Å². The minimum Gasteiger partial charge on any atom is -0.480 e. The van der Waals surface area contributed by atoms with E-state index in [4.69, 9.17) is 33.0 Å². The first kappa shape index (κ1) is 20.5. The van der Waals surface area contributed by atoms with E-state index in [1.54, 1.807) is 0 Å². The van der Waals surface area contributed by atoms with Gasteiger partial charge in [0.2, 0.25) is 0 Å². The van der Waals surface area contributed by atoms with Crippen LogP contribution in [-0.2, 0) is 22.8 Å². The number of ether oxygens (including phenoxy) is 1. The van der Waals surface area contributed by atoms with Crippen LogP contribution >= 0.6 is 23.2 Å². The highest BCUT2D eigenvalue weighted by atomic mass is 35.5. The number of rotatable bonds is 4. The molecule has 3 rings (SSSR count). The van der Waals surface area contributed by atoms with Crippen molar-refractivity contribution in [2.45, 2.75) is 24.9 Å². The van der Waals surface area contributed by atoms with Gasteiger partial charge in [0.15, 0.2) is 12.4 Å². The van der Waals surface area contributed by atoms with E-state index in [0.29, 0.717) is 5.56 Å². The van der Waals surface area contributed by atoms with Crippen molar-refractivity contribution in [3.63, 3.8) is 0 Å². The molecule has 1 N–H and O–H groups in total. The SMILES string of the molecule is CC1(c2ccccc2C(F)(F)F)Cc2cc(OCC(=O)O)c(Cl)c(Cl)c2C1=O. The Kier molecular flexibility index (Phi) is 5.10. The number of alkyl halides is 3. The standard InChI is InChI=1S/C19H13Cl2F3O4/c1-18(10-4-2-3-5-11(10)19(22,23)24)7-9-6-12(28-8-13(25)26)15(20)16(21)14(9)17(18)27/h2-6H,7-8H2,1H3,(H,25,26). The Morgan fingerprint density at radius 2 is 1.89 bits per heavy atom. The summed E-state index contributed by atoms with van der Waals surface area (Å²) in [5, 5.41) is 8.42. The van der Waals surface area contributed by atoms with E-state index < -0.39 is 35.5 Å². The van der Waals surface area contributed by atoms with Gasteiger partial charge in [0.05, 0.1) is 16.0 Å². The molecular formula is C19H13Cl2F3O4. The van der Waals surface area contributed by atoms with Gasteiger partial charge >= 0.3 is 12.1 Å². The summed E-state index contributed by atoms with van der Waals surface area (Å²) in [6, 6.07) is 6.23. The number of benzene rings is 2. The van der Waals surface area contributed by atoms with Gasteiger partial charge in [-0.3, -0.25) is 4.79 Å². The van der Waals surface area contributed by atoms with E-state index in [0.717, 1.165) is 6.07 Å². The molecule has 0 heterocycles. The van der Waals surface area contributed by atoms with Crippen LogP contribution in [0.4, 0.5) is 13.2 Å². The predicted octanol–water partition coefficient (Wildman–Crippen LogP) is 5.17. The largest absolute Gasteiger partial charge is 0.480 e. The molecule has 1 aliphatic rings. The zero-order valence-electron chi connectivity index (χ0n) is 14.4. The van der Waals surface area contributed by atoms with E-state index in [9.17, 15) is 22.8 Å². The van der Waals surface area contributed by atoms with Gasteiger partial charge in [0.1, 0.15) is 10.8 Å². The molecule has 0 aliphatic heterocycles. The highest BCUT2D eigenvalue weighted by molar-refractivity contribution is 6.45. The third kappa shape index (κ3) is 3.33. The molecule has 9 heteroatoms. The van der Waals surface area contributed by atoms with E-state index in [1.165, 1.54) is 31.2 Å². The second-order valence-electron chi connectivity index (χ2n) is 6.60. The first-order valence-corrected chi connectivity index (χ1v) is 8.79. The Balaban J connectivity index is 2.12. The fourth-order valence-corrected chi connectivity index (χ4v) is 3.95. The first-order valence-electron chi connectivity index (χ1n) is 8.03. The van der Waals surface area contributed by atoms with Crippen molar-refractivity contribution in [3.8, 4) is 5.75 Å². The second kappa shape index (κ2) is 6.97. The Labute approximate surface area is 167 Å². The lowest BCUT2D eigenvalue weighted by molar-refractivity contribution is -0.139. The van der Waals surface area contributed by atoms with Gasteiger partial charge in [0, 0.05) is 5.56 Å². The Bertz CT molecular complexity index is 988. The van der Waals surface area contributed by atoms with E-state index in [1.807, 2.05) is 0 Å². The first-order chi connectivity index (χ1) is 13.0. The summed E-state index contributed by atoms with van der Waals surface area (Å²) < 4.78 is 45.5. The molecule has 0 aromatic heterocycles. The van der Waals surface area contributed by atoms with Crippen LogP contribution in [0.5, 0.6) is 5.75 Å². The highest BCUT2D eigenvalue weighted by Gasteiger charge is 2.49. The number of halogens is 5. The number of carboxylic acids is 1. The fraction of sp³-hybridized carbons (Fsp3) is 0.263. The molecule has 1 unspecified atom stereocenters. The molecule has 1 atom stereocenters. The zero-order valence-corrected chi connectivity index (χ0v) is 15.9. The molecule has 1 aliphatic carbocycles. The molecule has 0 fully saturated rings. The van der Waals surface area contributed by atoms with E-state index >= 15 is 0 Å². The van der Waals surface area contributed by atoms with Crippen molar-refractivity contribution in [1.82, 2.24) is 0 Å². The quantitative estimate of drug-likeness (QED) is 0.723. The van der Waals surface area contributed by atoms with Gasteiger partial charge in [-0.25, -0.2) is 4.79 Å². The number of hydrogen-bond acceptors (Lipinski definition) is 3. The summed E-state index contributed by atoms with van der Waals surface area (Å²) in [7, 11) is 0. The third-order valence-electron chi connectivity index (χ3n) is 4.71. The smallest absolute Gasteiger partial charge is 0.416 e. The topological polar surface area (TPSA) is 63.6 Å². The van der Waals surface area contributed by atoms with Crippen LogP contribution in [0.3, 0.4) is 0 Å². The average molecular weight is 433 g/mol. The Hall–Kier alpha value is -2.25. The molecule has 0 saturated carbocycles. The summed E-state index contributed by atoms with van der Waals surface area (Å²) in [6.45, 7) is 0.735. The zero-order chi connectivity index (χ0) is 20.9. The number of hydrogen-bond donors (Lipinski definition) is 1. The van der Waals surface area contributed by atoms with Crippen LogP contribution in [0.25, 0.3) is 0 Å².